The van der Waals surface area contributed by atoms with Crippen LogP contribution in [0.15, 0.2) is 24.3 Å². The molecular weight excluding hydrogens is 276 g/mol. The van der Waals surface area contributed by atoms with E-state index >= 15 is 0 Å². The standard InChI is InChI=1S/C14H18N2O5/c1-15(2)8-3-9-21-13-6-4-11(5-7-14(17)18)10-12(13)16(19)20/h4-7,10H,3,8-9H2,1-2H3,(H,17,18)/b7-5+. The van der Waals surface area contributed by atoms with Crippen LogP contribution in [0.5, 0.6) is 5.75 Å². The summed E-state index contributed by atoms with van der Waals surface area (Å²) in [6, 6.07) is 4.35. The first-order chi connectivity index (χ1) is 9.90. The zero-order valence-electron chi connectivity index (χ0n) is 12.0. The number of ether oxygens (including phenoxy) is 1. The normalized spacial score (nSPS) is 11.0. The molecule has 0 fully saturated rings. The number of nitro groups is 1. The number of rotatable bonds is 8. The molecule has 1 N–H and O–H groups in total. The van der Waals surface area contributed by atoms with Gasteiger partial charge in [-0.1, -0.05) is 6.07 Å². The molecule has 0 aromatic heterocycles. The van der Waals surface area contributed by atoms with Crippen molar-refractivity contribution >= 4 is 17.7 Å². The quantitative estimate of drug-likeness (QED) is 0.341. The second-order valence-electron chi connectivity index (χ2n) is 4.66. The van der Waals surface area contributed by atoms with Gasteiger partial charge in [-0.3, -0.25) is 10.1 Å². The van der Waals surface area contributed by atoms with Crippen LogP contribution >= 0.6 is 0 Å². The van der Waals surface area contributed by atoms with Crippen LogP contribution in [0.4, 0.5) is 5.69 Å². The van der Waals surface area contributed by atoms with Gasteiger partial charge in [-0.2, -0.15) is 0 Å². The SMILES string of the molecule is CN(C)CCCOc1ccc(/C=C/C(=O)O)cc1[N+](=O)[O-]. The predicted octanol–water partition coefficient (Wildman–Crippen LogP) is 2.02. The van der Waals surface area contributed by atoms with E-state index in [2.05, 4.69) is 0 Å². The van der Waals surface area contributed by atoms with Gasteiger partial charge in [0.25, 0.3) is 0 Å². The molecule has 0 heterocycles. The van der Waals surface area contributed by atoms with Gasteiger partial charge in [0.05, 0.1) is 11.5 Å². The highest BCUT2D eigenvalue weighted by atomic mass is 16.6. The van der Waals surface area contributed by atoms with E-state index in [9.17, 15) is 14.9 Å². The number of nitrogens with zero attached hydrogens (tertiary/aromatic N) is 2. The highest BCUT2D eigenvalue weighted by Crippen LogP contribution is 2.28. The van der Waals surface area contributed by atoms with Crippen molar-refractivity contribution in [1.29, 1.82) is 0 Å². The van der Waals surface area contributed by atoms with Gasteiger partial charge >= 0.3 is 11.7 Å². The van der Waals surface area contributed by atoms with E-state index < -0.39 is 10.9 Å². The lowest BCUT2D eigenvalue weighted by Gasteiger charge is -2.10. The van der Waals surface area contributed by atoms with Crippen molar-refractivity contribution < 1.29 is 19.6 Å². The maximum Gasteiger partial charge on any atom is 0.328 e. The van der Waals surface area contributed by atoms with Gasteiger partial charge in [-0.05, 0) is 38.2 Å². The summed E-state index contributed by atoms with van der Waals surface area (Å²) in [5, 5.41) is 19.6. The summed E-state index contributed by atoms with van der Waals surface area (Å²) in [5.41, 5.74) is 0.261. The van der Waals surface area contributed by atoms with Crippen LogP contribution in [-0.4, -0.2) is 48.1 Å². The third kappa shape index (κ3) is 6.05. The van der Waals surface area contributed by atoms with Crippen molar-refractivity contribution in [2.75, 3.05) is 27.2 Å². The fraction of sp³-hybridized carbons (Fsp3) is 0.357. The minimum absolute atomic E-state index is 0.174. The Labute approximate surface area is 122 Å². The second kappa shape index (κ2) is 8.01. The van der Waals surface area contributed by atoms with Crippen LogP contribution in [0.1, 0.15) is 12.0 Å². The number of hydrogen-bond acceptors (Lipinski definition) is 5. The summed E-state index contributed by atoms with van der Waals surface area (Å²) in [5.74, 6) is -0.923. The number of hydrogen-bond donors (Lipinski definition) is 1. The third-order valence-corrected chi connectivity index (χ3v) is 2.61. The minimum atomic E-state index is -1.11. The maximum atomic E-state index is 11.0. The summed E-state index contributed by atoms with van der Waals surface area (Å²) in [7, 11) is 3.87. The Morgan fingerprint density at radius 2 is 2.19 bits per heavy atom. The summed E-state index contributed by atoms with van der Waals surface area (Å²) >= 11 is 0. The van der Waals surface area contributed by atoms with Crippen molar-refractivity contribution in [3.8, 4) is 5.75 Å². The minimum Gasteiger partial charge on any atom is -0.487 e. The van der Waals surface area contributed by atoms with Gasteiger partial charge in [-0.15, -0.1) is 0 Å². The van der Waals surface area contributed by atoms with Gasteiger partial charge in [0.1, 0.15) is 0 Å². The lowest BCUT2D eigenvalue weighted by molar-refractivity contribution is -0.385. The number of benzene rings is 1. The summed E-state index contributed by atoms with van der Waals surface area (Å²) in [4.78, 5) is 22.9. The maximum absolute atomic E-state index is 11.0. The molecule has 0 unspecified atom stereocenters. The number of carbonyl (C=O) groups is 1. The van der Waals surface area contributed by atoms with Crippen LogP contribution in [0.25, 0.3) is 6.08 Å². The highest BCUT2D eigenvalue weighted by Gasteiger charge is 2.15. The van der Waals surface area contributed by atoms with Gasteiger partial charge in [-0.25, -0.2) is 4.79 Å². The first-order valence-electron chi connectivity index (χ1n) is 6.37. The molecular formula is C14H18N2O5. The zero-order valence-corrected chi connectivity index (χ0v) is 12.0. The van der Waals surface area contributed by atoms with Crippen LogP contribution < -0.4 is 4.74 Å². The second-order valence-corrected chi connectivity index (χ2v) is 4.66. The molecule has 0 radical (unpaired) electrons. The van der Waals surface area contributed by atoms with Crippen LogP contribution in [0.2, 0.25) is 0 Å². The Morgan fingerprint density at radius 1 is 1.48 bits per heavy atom. The van der Waals surface area contributed by atoms with E-state index in [4.69, 9.17) is 9.84 Å². The lowest BCUT2D eigenvalue weighted by Crippen LogP contribution is -2.15. The van der Waals surface area contributed by atoms with E-state index in [0.717, 1.165) is 19.0 Å². The molecule has 0 bridgehead atoms. The first kappa shape index (κ1) is 16.6. The van der Waals surface area contributed by atoms with Gasteiger partial charge < -0.3 is 14.7 Å². The van der Waals surface area contributed by atoms with Crippen LogP contribution in [0, 0.1) is 10.1 Å². The average molecular weight is 294 g/mol. The van der Waals surface area contributed by atoms with Gasteiger partial charge in [0.15, 0.2) is 5.75 Å². The average Bonchev–Trinajstić information content (AvgIpc) is 2.41. The van der Waals surface area contributed by atoms with Crippen LogP contribution in [0.3, 0.4) is 0 Å². The van der Waals surface area contributed by atoms with Gasteiger partial charge in [0, 0.05) is 18.7 Å². The number of carboxylic acid groups (broad SMARTS) is 1. The molecule has 1 aromatic carbocycles. The molecule has 7 heteroatoms. The molecule has 21 heavy (non-hydrogen) atoms. The Kier molecular flexibility index (Phi) is 6.35. The smallest absolute Gasteiger partial charge is 0.328 e. The molecule has 114 valence electrons. The topological polar surface area (TPSA) is 92.9 Å². The van der Waals surface area contributed by atoms with E-state index in [-0.39, 0.29) is 11.4 Å². The predicted molar refractivity (Wildman–Crippen MR) is 78.4 cm³/mol. The van der Waals surface area contributed by atoms with E-state index in [1.165, 1.54) is 18.2 Å². The van der Waals surface area contributed by atoms with Crippen molar-refractivity contribution in [1.82, 2.24) is 4.90 Å². The highest BCUT2D eigenvalue weighted by molar-refractivity contribution is 5.85. The van der Waals surface area contributed by atoms with Crippen molar-refractivity contribution in [3.63, 3.8) is 0 Å². The molecule has 0 spiro atoms. The van der Waals surface area contributed by atoms with Crippen molar-refractivity contribution in [2.24, 2.45) is 0 Å². The summed E-state index contributed by atoms with van der Waals surface area (Å²) < 4.78 is 5.42. The molecule has 0 aliphatic carbocycles. The molecule has 0 atom stereocenters. The summed E-state index contributed by atoms with van der Waals surface area (Å²) in [6.07, 6.45) is 2.98. The lowest BCUT2D eigenvalue weighted by atomic mass is 10.1. The van der Waals surface area contributed by atoms with Crippen LogP contribution in [-0.2, 0) is 4.79 Å². The molecule has 1 aromatic rings. The molecule has 0 saturated carbocycles. The van der Waals surface area contributed by atoms with E-state index in [0.29, 0.717) is 12.2 Å². The molecule has 0 amide bonds. The number of nitro benzene ring substituents is 1. The molecule has 7 nitrogen and oxygen atoms in total. The number of aliphatic carboxylic acids is 1. The third-order valence-electron chi connectivity index (χ3n) is 2.61. The Bertz CT molecular complexity index is 540. The first-order valence-corrected chi connectivity index (χ1v) is 6.37. The van der Waals surface area contributed by atoms with Gasteiger partial charge in [0.2, 0.25) is 0 Å². The van der Waals surface area contributed by atoms with E-state index in [1.807, 2.05) is 19.0 Å². The van der Waals surface area contributed by atoms with Crippen molar-refractivity contribution in [2.45, 2.75) is 6.42 Å². The Morgan fingerprint density at radius 3 is 2.76 bits per heavy atom. The Balaban J connectivity index is 2.80. The number of carboxylic acids is 1. The summed E-state index contributed by atoms with van der Waals surface area (Å²) in [6.45, 7) is 1.20. The molecule has 1 rings (SSSR count). The zero-order chi connectivity index (χ0) is 15.8. The fourth-order valence-electron chi connectivity index (χ4n) is 1.63. The monoisotopic (exact) mass is 294 g/mol. The van der Waals surface area contributed by atoms with E-state index in [1.54, 1.807) is 6.07 Å². The molecule has 0 aliphatic rings. The molecule has 0 saturated heterocycles. The fourth-order valence-corrected chi connectivity index (χ4v) is 1.63. The molecule has 0 aliphatic heterocycles. The Hall–Kier alpha value is -2.41. The van der Waals surface area contributed by atoms with Crippen molar-refractivity contribution in [3.05, 3.63) is 40.0 Å². The largest absolute Gasteiger partial charge is 0.487 e.